The molecule has 0 saturated heterocycles. The van der Waals surface area contributed by atoms with Crippen LogP contribution in [0.15, 0.2) is 0 Å². The predicted octanol–water partition coefficient (Wildman–Crippen LogP) is 3.01. The first-order valence-corrected chi connectivity index (χ1v) is 8.16. The molecule has 86 valence electrons. The van der Waals surface area contributed by atoms with Crippen molar-refractivity contribution in [1.82, 2.24) is 0 Å². The van der Waals surface area contributed by atoms with E-state index in [4.69, 9.17) is 0 Å². The topological polar surface area (TPSA) is 34.1 Å². The van der Waals surface area contributed by atoms with Crippen LogP contribution in [0.2, 0.25) is 0 Å². The van der Waals surface area contributed by atoms with Gasteiger partial charge in [0, 0.05) is 11.1 Å². The van der Waals surface area contributed by atoms with Crippen LogP contribution in [0.4, 0.5) is 0 Å². The van der Waals surface area contributed by atoms with Crippen molar-refractivity contribution < 1.29 is 8.42 Å². The highest BCUT2D eigenvalue weighted by molar-refractivity contribution is 9.09. The molecule has 0 aromatic rings. The summed E-state index contributed by atoms with van der Waals surface area (Å²) in [5.41, 5.74) is 0.169. The molecule has 0 heterocycles. The number of halogens is 1. The first-order chi connectivity index (χ1) is 6.45. The maximum atomic E-state index is 11.4. The van der Waals surface area contributed by atoms with E-state index in [0.29, 0.717) is 5.75 Å². The van der Waals surface area contributed by atoms with Gasteiger partial charge in [-0.3, -0.25) is 0 Å². The Balaban J connectivity index is 4.34. The lowest BCUT2D eigenvalue weighted by Gasteiger charge is -2.29. The van der Waals surface area contributed by atoms with Crippen molar-refractivity contribution in [2.24, 2.45) is 5.41 Å². The largest absolute Gasteiger partial charge is 0.229 e. The van der Waals surface area contributed by atoms with E-state index < -0.39 is 9.84 Å². The molecule has 0 radical (unpaired) electrons. The van der Waals surface area contributed by atoms with Gasteiger partial charge in [-0.15, -0.1) is 0 Å². The van der Waals surface area contributed by atoms with Gasteiger partial charge in [0.1, 0.15) is 9.84 Å². The Bertz CT molecular complexity index is 235. The molecule has 0 aliphatic carbocycles. The Morgan fingerprint density at radius 3 is 1.93 bits per heavy atom. The Labute approximate surface area is 96.5 Å². The summed E-state index contributed by atoms with van der Waals surface area (Å²) in [5, 5.41) is 0.895. The van der Waals surface area contributed by atoms with Gasteiger partial charge in [-0.05, 0) is 24.7 Å². The average molecular weight is 285 g/mol. The van der Waals surface area contributed by atoms with Gasteiger partial charge in [0.05, 0.1) is 5.75 Å². The summed E-state index contributed by atoms with van der Waals surface area (Å²) in [7, 11) is -2.80. The molecule has 0 spiro atoms. The van der Waals surface area contributed by atoms with Crippen LogP contribution >= 0.6 is 15.9 Å². The highest BCUT2D eigenvalue weighted by atomic mass is 79.9. The second-order valence-electron chi connectivity index (χ2n) is 3.83. The van der Waals surface area contributed by atoms with Gasteiger partial charge in [-0.1, -0.05) is 36.7 Å². The molecule has 0 unspecified atom stereocenters. The molecular formula is C10H21BrO2S. The molecule has 0 atom stereocenters. The van der Waals surface area contributed by atoms with E-state index in [1.54, 1.807) is 6.92 Å². The Hall–Kier alpha value is 0.430. The number of hydrogen-bond acceptors (Lipinski definition) is 2. The Morgan fingerprint density at radius 1 is 1.14 bits per heavy atom. The monoisotopic (exact) mass is 284 g/mol. The van der Waals surface area contributed by atoms with Crippen molar-refractivity contribution >= 4 is 25.8 Å². The van der Waals surface area contributed by atoms with E-state index in [1.165, 1.54) is 0 Å². The molecular weight excluding hydrogens is 264 g/mol. The normalized spacial score (nSPS) is 13.1. The molecule has 0 amide bonds. The number of sulfone groups is 1. The molecule has 0 rings (SSSR count). The molecule has 0 aromatic heterocycles. The summed E-state index contributed by atoms with van der Waals surface area (Å²) in [5.74, 6) is 0.593. The third kappa shape index (κ3) is 4.30. The standard InChI is InChI=1S/C10H21BrO2S/c1-4-10(5-2,9-11)7-8-14(12,13)6-3/h4-9H2,1-3H3. The fourth-order valence-corrected chi connectivity index (χ4v) is 3.48. The van der Waals surface area contributed by atoms with Crippen LogP contribution in [0.25, 0.3) is 0 Å². The summed E-state index contributed by atoms with van der Waals surface area (Å²) in [6, 6.07) is 0. The summed E-state index contributed by atoms with van der Waals surface area (Å²) < 4.78 is 22.8. The Morgan fingerprint density at radius 2 is 1.64 bits per heavy atom. The number of alkyl halides is 1. The SMILES string of the molecule is CCC(CC)(CBr)CCS(=O)(=O)CC. The van der Waals surface area contributed by atoms with Crippen LogP contribution in [0.5, 0.6) is 0 Å². The zero-order chi connectivity index (χ0) is 11.2. The second-order valence-corrected chi connectivity index (χ2v) is 6.86. The second kappa shape index (κ2) is 6.11. The summed E-state index contributed by atoms with van der Waals surface area (Å²) >= 11 is 3.49. The summed E-state index contributed by atoms with van der Waals surface area (Å²) in [4.78, 5) is 0. The summed E-state index contributed by atoms with van der Waals surface area (Å²) in [6.45, 7) is 5.97. The van der Waals surface area contributed by atoms with Crippen LogP contribution in [-0.4, -0.2) is 25.3 Å². The minimum Gasteiger partial charge on any atom is -0.229 e. The van der Waals surface area contributed by atoms with Crippen molar-refractivity contribution in [1.29, 1.82) is 0 Å². The van der Waals surface area contributed by atoms with Crippen LogP contribution in [0.1, 0.15) is 40.0 Å². The highest BCUT2D eigenvalue weighted by Crippen LogP contribution is 2.33. The van der Waals surface area contributed by atoms with Gasteiger partial charge < -0.3 is 0 Å². The molecule has 0 bridgehead atoms. The van der Waals surface area contributed by atoms with E-state index in [2.05, 4.69) is 29.8 Å². The van der Waals surface area contributed by atoms with Gasteiger partial charge in [0.15, 0.2) is 0 Å². The number of rotatable bonds is 7. The van der Waals surface area contributed by atoms with Gasteiger partial charge in [0.25, 0.3) is 0 Å². The predicted molar refractivity (Wildman–Crippen MR) is 65.8 cm³/mol. The maximum Gasteiger partial charge on any atom is 0.150 e. The van der Waals surface area contributed by atoms with Crippen molar-refractivity contribution in [3.05, 3.63) is 0 Å². The third-order valence-corrected chi connectivity index (χ3v) is 6.06. The van der Waals surface area contributed by atoms with Crippen molar-refractivity contribution in [2.45, 2.75) is 40.0 Å². The highest BCUT2D eigenvalue weighted by Gasteiger charge is 2.26. The van der Waals surface area contributed by atoms with Crippen molar-refractivity contribution in [3.63, 3.8) is 0 Å². The van der Waals surface area contributed by atoms with E-state index in [0.717, 1.165) is 24.6 Å². The molecule has 0 saturated carbocycles. The van der Waals surface area contributed by atoms with Crippen molar-refractivity contribution in [3.8, 4) is 0 Å². The fourth-order valence-electron chi connectivity index (χ4n) is 1.38. The smallest absolute Gasteiger partial charge is 0.150 e. The number of hydrogen-bond donors (Lipinski definition) is 0. The van der Waals surface area contributed by atoms with E-state index in [9.17, 15) is 8.42 Å². The molecule has 4 heteroatoms. The molecule has 0 aliphatic rings. The van der Waals surface area contributed by atoms with Crippen LogP contribution < -0.4 is 0 Å². The molecule has 0 aliphatic heterocycles. The molecule has 0 aromatic carbocycles. The zero-order valence-electron chi connectivity index (χ0n) is 9.35. The van der Waals surface area contributed by atoms with Gasteiger partial charge in [-0.2, -0.15) is 0 Å². The summed E-state index contributed by atoms with van der Waals surface area (Å²) in [6.07, 6.45) is 2.85. The van der Waals surface area contributed by atoms with Crippen LogP contribution in [0.3, 0.4) is 0 Å². The van der Waals surface area contributed by atoms with Crippen LogP contribution in [-0.2, 0) is 9.84 Å². The first kappa shape index (κ1) is 14.4. The van der Waals surface area contributed by atoms with Gasteiger partial charge >= 0.3 is 0 Å². The van der Waals surface area contributed by atoms with E-state index in [1.807, 2.05) is 0 Å². The minimum atomic E-state index is -2.80. The quantitative estimate of drug-likeness (QED) is 0.674. The average Bonchev–Trinajstić information content (AvgIpc) is 2.21. The molecule has 0 N–H and O–H groups in total. The molecule has 2 nitrogen and oxygen atoms in total. The van der Waals surface area contributed by atoms with Crippen molar-refractivity contribution in [2.75, 3.05) is 16.8 Å². The van der Waals surface area contributed by atoms with Crippen LogP contribution in [0, 0.1) is 5.41 Å². The van der Waals surface area contributed by atoms with Gasteiger partial charge in [0.2, 0.25) is 0 Å². The lowest BCUT2D eigenvalue weighted by Crippen LogP contribution is -2.25. The molecule has 14 heavy (non-hydrogen) atoms. The van der Waals surface area contributed by atoms with E-state index >= 15 is 0 Å². The molecule has 0 fully saturated rings. The minimum absolute atomic E-state index is 0.169. The van der Waals surface area contributed by atoms with Gasteiger partial charge in [-0.25, -0.2) is 8.42 Å². The first-order valence-electron chi connectivity index (χ1n) is 5.21. The Kier molecular flexibility index (Phi) is 6.30. The third-order valence-electron chi connectivity index (χ3n) is 3.17. The lowest BCUT2D eigenvalue weighted by molar-refractivity contribution is 0.298. The zero-order valence-corrected chi connectivity index (χ0v) is 11.7. The maximum absolute atomic E-state index is 11.4. The van der Waals surface area contributed by atoms with E-state index in [-0.39, 0.29) is 11.2 Å². The fraction of sp³-hybridized carbons (Fsp3) is 1.00. The lowest BCUT2D eigenvalue weighted by atomic mass is 9.82.